The number of piperazine rings is 1. The second kappa shape index (κ2) is 10.3. The summed E-state index contributed by atoms with van der Waals surface area (Å²) in [5.41, 5.74) is 1.70. The number of benzene rings is 1. The van der Waals surface area contributed by atoms with E-state index in [1.807, 2.05) is 58.0 Å². The van der Waals surface area contributed by atoms with Gasteiger partial charge in [0.25, 0.3) is 0 Å². The van der Waals surface area contributed by atoms with Crippen LogP contribution in [0.25, 0.3) is 0 Å². The second-order valence-corrected chi connectivity index (χ2v) is 8.00. The van der Waals surface area contributed by atoms with Crippen LogP contribution in [-0.2, 0) is 16.2 Å². The summed E-state index contributed by atoms with van der Waals surface area (Å²) in [6, 6.07) is 10.0. The number of hydrogen-bond acceptors (Lipinski definition) is 5. The van der Waals surface area contributed by atoms with E-state index >= 15 is 0 Å². The molecule has 0 unspecified atom stereocenters. The molecule has 1 fully saturated rings. The van der Waals surface area contributed by atoms with E-state index in [2.05, 4.69) is 10.1 Å². The summed E-state index contributed by atoms with van der Waals surface area (Å²) in [6.45, 7) is 12.4. The standard InChI is InChI=1S/C21H33N3O3/c1-18(22-26-17-19-10-6-5-7-11-19)9-8-12-23-13-15-24(16-14-23)20(25)27-21(2,3)4/h5-7,10-11H,8-9,12-17H2,1-4H3. The zero-order valence-electron chi connectivity index (χ0n) is 17.1. The Morgan fingerprint density at radius 2 is 1.78 bits per heavy atom. The Labute approximate surface area is 163 Å². The molecule has 2 rings (SSSR count). The smallest absolute Gasteiger partial charge is 0.410 e. The lowest BCUT2D eigenvalue weighted by molar-refractivity contribution is 0.0145. The molecule has 0 aliphatic carbocycles. The predicted molar refractivity (Wildman–Crippen MR) is 108 cm³/mol. The lowest BCUT2D eigenvalue weighted by Crippen LogP contribution is -2.50. The van der Waals surface area contributed by atoms with Crippen molar-refractivity contribution in [2.75, 3.05) is 32.7 Å². The maximum atomic E-state index is 12.1. The molecule has 0 atom stereocenters. The summed E-state index contributed by atoms with van der Waals surface area (Å²) in [4.78, 5) is 21.7. The molecular weight excluding hydrogens is 342 g/mol. The van der Waals surface area contributed by atoms with E-state index in [1.54, 1.807) is 4.90 Å². The Hall–Kier alpha value is -2.08. The summed E-state index contributed by atoms with van der Waals surface area (Å²) in [6.07, 6.45) is 1.75. The van der Waals surface area contributed by atoms with Crippen LogP contribution in [0.5, 0.6) is 0 Å². The first kappa shape index (κ1) is 21.2. The van der Waals surface area contributed by atoms with Crippen molar-refractivity contribution in [2.24, 2.45) is 5.16 Å². The zero-order valence-corrected chi connectivity index (χ0v) is 17.1. The quantitative estimate of drug-likeness (QED) is 0.535. The summed E-state index contributed by atoms with van der Waals surface area (Å²) < 4.78 is 5.43. The fourth-order valence-corrected chi connectivity index (χ4v) is 2.88. The van der Waals surface area contributed by atoms with Gasteiger partial charge in [0.15, 0.2) is 0 Å². The van der Waals surface area contributed by atoms with Crippen LogP contribution >= 0.6 is 0 Å². The Balaban J connectivity index is 1.59. The van der Waals surface area contributed by atoms with Gasteiger partial charge in [-0.1, -0.05) is 35.5 Å². The van der Waals surface area contributed by atoms with Gasteiger partial charge in [-0.25, -0.2) is 4.79 Å². The highest BCUT2D eigenvalue weighted by Gasteiger charge is 2.25. The maximum absolute atomic E-state index is 12.1. The van der Waals surface area contributed by atoms with E-state index < -0.39 is 5.60 Å². The number of carbonyl (C=O) groups is 1. The fraction of sp³-hybridized carbons (Fsp3) is 0.619. The number of oxime groups is 1. The van der Waals surface area contributed by atoms with Gasteiger partial charge in [0.2, 0.25) is 0 Å². The number of ether oxygens (including phenoxy) is 1. The normalized spacial score (nSPS) is 16.3. The first-order valence-electron chi connectivity index (χ1n) is 9.73. The highest BCUT2D eigenvalue weighted by molar-refractivity contribution is 5.81. The van der Waals surface area contributed by atoms with Gasteiger partial charge in [-0.05, 0) is 52.6 Å². The fourth-order valence-electron chi connectivity index (χ4n) is 2.88. The van der Waals surface area contributed by atoms with E-state index in [0.29, 0.717) is 6.61 Å². The molecule has 1 aliphatic rings. The van der Waals surface area contributed by atoms with Gasteiger partial charge in [-0.3, -0.25) is 4.90 Å². The Bertz CT molecular complexity index is 603. The van der Waals surface area contributed by atoms with Gasteiger partial charge in [-0.2, -0.15) is 0 Å². The molecule has 0 spiro atoms. The molecule has 1 aliphatic heterocycles. The lowest BCUT2D eigenvalue weighted by Gasteiger charge is -2.35. The molecule has 27 heavy (non-hydrogen) atoms. The van der Waals surface area contributed by atoms with Crippen molar-refractivity contribution in [1.29, 1.82) is 0 Å². The van der Waals surface area contributed by atoms with Crippen LogP contribution in [0.15, 0.2) is 35.5 Å². The van der Waals surface area contributed by atoms with Gasteiger partial charge in [0, 0.05) is 26.2 Å². The number of rotatable bonds is 7. The number of hydrogen-bond donors (Lipinski definition) is 0. The van der Waals surface area contributed by atoms with Gasteiger partial charge in [0.1, 0.15) is 12.2 Å². The first-order valence-corrected chi connectivity index (χ1v) is 9.73. The third kappa shape index (κ3) is 8.43. The van der Waals surface area contributed by atoms with Crippen LogP contribution in [0.1, 0.15) is 46.1 Å². The molecule has 0 bridgehead atoms. The van der Waals surface area contributed by atoms with Crippen LogP contribution in [0.3, 0.4) is 0 Å². The monoisotopic (exact) mass is 375 g/mol. The van der Waals surface area contributed by atoms with Crippen LogP contribution in [-0.4, -0.2) is 59.9 Å². The minimum Gasteiger partial charge on any atom is -0.444 e. The zero-order chi connectivity index (χ0) is 19.7. The molecule has 0 saturated carbocycles. The Morgan fingerprint density at radius 1 is 1.11 bits per heavy atom. The average molecular weight is 376 g/mol. The molecule has 1 aromatic rings. The van der Waals surface area contributed by atoms with Crippen LogP contribution < -0.4 is 0 Å². The summed E-state index contributed by atoms with van der Waals surface area (Å²) >= 11 is 0. The van der Waals surface area contributed by atoms with E-state index in [0.717, 1.165) is 56.8 Å². The van der Waals surface area contributed by atoms with Gasteiger partial charge in [0.05, 0.1) is 5.71 Å². The van der Waals surface area contributed by atoms with Crippen molar-refractivity contribution >= 4 is 11.8 Å². The van der Waals surface area contributed by atoms with Crippen LogP contribution in [0, 0.1) is 0 Å². The molecular formula is C21H33N3O3. The highest BCUT2D eigenvalue weighted by Crippen LogP contribution is 2.12. The van der Waals surface area contributed by atoms with E-state index in [1.165, 1.54) is 0 Å². The molecule has 6 nitrogen and oxygen atoms in total. The van der Waals surface area contributed by atoms with Crippen LogP contribution in [0.4, 0.5) is 4.79 Å². The topological polar surface area (TPSA) is 54.4 Å². The molecule has 1 aromatic carbocycles. The predicted octanol–water partition coefficient (Wildman–Crippen LogP) is 3.91. The van der Waals surface area contributed by atoms with Crippen LogP contribution in [0.2, 0.25) is 0 Å². The third-order valence-corrected chi connectivity index (χ3v) is 4.33. The average Bonchev–Trinajstić information content (AvgIpc) is 2.62. The van der Waals surface area contributed by atoms with Crippen molar-refractivity contribution in [3.8, 4) is 0 Å². The SMILES string of the molecule is CC(CCCN1CCN(C(=O)OC(C)(C)C)CC1)=NOCc1ccccc1. The van der Waals surface area contributed by atoms with Crippen molar-refractivity contribution < 1.29 is 14.4 Å². The number of carbonyl (C=O) groups excluding carboxylic acids is 1. The highest BCUT2D eigenvalue weighted by atomic mass is 16.6. The van der Waals surface area contributed by atoms with Gasteiger partial charge in [-0.15, -0.1) is 0 Å². The largest absolute Gasteiger partial charge is 0.444 e. The summed E-state index contributed by atoms with van der Waals surface area (Å²) in [7, 11) is 0. The second-order valence-electron chi connectivity index (χ2n) is 8.00. The van der Waals surface area contributed by atoms with Gasteiger partial charge >= 0.3 is 6.09 Å². The molecule has 0 N–H and O–H groups in total. The van der Waals surface area contributed by atoms with Gasteiger partial charge < -0.3 is 14.5 Å². The molecule has 6 heteroatoms. The molecule has 1 saturated heterocycles. The number of amides is 1. The van der Waals surface area contributed by atoms with E-state index in [9.17, 15) is 4.79 Å². The minimum atomic E-state index is -0.437. The van der Waals surface area contributed by atoms with E-state index in [4.69, 9.17) is 9.57 Å². The maximum Gasteiger partial charge on any atom is 0.410 e. The Morgan fingerprint density at radius 3 is 2.41 bits per heavy atom. The van der Waals surface area contributed by atoms with Crippen molar-refractivity contribution in [3.63, 3.8) is 0 Å². The number of nitrogens with zero attached hydrogens (tertiary/aromatic N) is 3. The molecule has 0 radical (unpaired) electrons. The molecule has 1 heterocycles. The van der Waals surface area contributed by atoms with Crippen molar-refractivity contribution in [1.82, 2.24) is 9.80 Å². The first-order chi connectivity index (χ1) is 12.8. The molecule has 0 aromatic heterocycles. The Kier molecular flexibility index (Phi) is 8.10. The molecule has 150 valence electrons. The molecule has 1 amide bonds. The van der Waals surface area contributed by atoms with Crippen molar-refractivity contribution in [2.45, 2.75) is 52.7 Å². The third-order valence-electron chi connectivity index (χ3n) is 4.33. The summed E-state index contributed by atoms with van der Waals surface area (Å²) in [5, 5.41) is 4.20. The summed E-state index contributed by atoms with van der Waals surface area (Å²) in [5.74, 6) is 0. The minimum absolute atomic E-state index is 0.208. The van der Waals surface area contributed by atoms with E-state index in [-0.39, 0.29) is 6.09 Å². The van der Waals surface area contributed by atoms with Crippen molar-refractivity contribution in [3.05, 3.63) is 35.9 Å². The lowest BCUT2D eigenvalue weighted by atomic mass is 10.2.